The van der Waals surface area contributed by atoms with Crippen molar-refractivity contribution in [2.75, 3.05) is 26.2 Å². The lowest BCUT2D eigenvalue weighted by Gasteiger charge is -2.39. The molecule has 97 heavy (non-hydrogen) atoms. The van der Waals surface area contributed by atoms with E-state index in [-0.39, 0.29) is 78.4 Å². The van der Waals surface area contributed by atoms with Crippen molar-refractivity contribution in [1.29, 1.82) is 0 Å². The van der Waals surface area contributed by atoms with E-state index in [1.807, 2.05) is 26.0 Å². The van der Waals surface area contributed by atoms with Crippen molar-refractivity contribution in [3.63, 3.8) is 0 Å². The number of pyridine rings is 4. The van der Waals surface area contributed by atoms with Gasteiger partial charge in [-0.3, -0.25) is 43.3 Å². The first kappa shape index (κ1) is 73.3. The summed E-state index contributed by atoms with van der Waals surface area (Å²) in [6.07, 6.45) is 1.54. The largest absolute Gasteiger partial charge is 0.574 e. The van der Waals surface area contributed by atoms with E-state index >= 15 is 0 Å². The fourth-order valence-corrected chi connectivity index (χ4v) is 8.73. The minimum Gasteiger partial charge on any atom is -0.468 e. The second-order valence-corrected chi connectivity index (χ2v) is 21.4. The highest BCUT2D eigenvalue weighted by Crippen LogP contribution is 2.39. The van der Waals surface area contributed by atoms with Crippen molar-refractivity contribution in [3.8, 4) is 62.7 Å². The summed E-state index contributed by atoms with van der Waals surface area (Å²) in [6.45, 7) is 3.50. The zero-order chi connectivity index (χ0) is 70.5. The Kier molecular flexibility index (Phi) is 25.5. The highest BCUT2D eigenvalue weighted by molar-refractivity contribution is 5.77. The van der Waals surface area contributed by atoms with Crippen molar-refractivity contribution < 1.29 is 68.5 Å². The molecule has 0 spiro atoms. The molecule has 8 aromatic heterocycles. The number of nitrogens with zero attached hydrogens (tertiary/aromatic N) is 12. The highest BCUT2D eigenvalue weighted by atomic mass is 19.4. The fraction of sp³-hybridized carbons (Fsp3) is 0.355. The summed E-state index contributed by atoms with van der Waals surface area (Å²) in [4.78, 5) is 110. The van der Waals surface area contributed by atoms with Crippen LogP contribution in [0, 0.1) is 0 Å². The van der Waals surface area contributed by atoms with E-state index in [0.717, 1.165) is 56.8 Å². The number of nitrogens with one attached hydrogen (secondary N) is 4. The molecule has 10 rings (SSSR count). The van der Waals surface area contributed by atoms with Crippen LogP contribution in [-0.2, 0) is 45.4 Å². The van der Waals surface area contributed by atoms with E-state index in [2.05, 4.69) is 75.8 Å². The third-order valence-electron chi connectivity index (χ3n) is 13.6. The Hall–Kier alpha value is -11.2. The molecule has 2 saturated carbocycles. The minimum atomic E-state index is -4.83. The van der Waals surface area contributed by atoms with E-state index in [0.29, 0.717) is 59.3 Å². The molecular formula is C62H64F8N16O11. The number of hydrogen-bond donors (Lipinski definition) is 4. The van der Waals surface area contributed by atoms with Crippen LogP contribution >= 0.6 is 0 Å². The molecule has 27 nitrogen and oxygen atoms in total. The third kappa shape index (κ3) is 23.7. The molecule has 0 aliphatic heterocycles. The summed E-state index contributed by atoms with van der Waals surface area (Å²) in [5.41, 5.74) is 3.11. The summed E-state index contributed by atoms with van der Waals surface area (Å²) in [5.74, 6) is -1.65. The molecule has 2 fully saturated rings. The van der Waals surface area contributed by atoms with Crippen molar-refractivity contribution in [1.82, 2.24) is 80.3 Å². The zero-order valence-electron chi connectivity index (χ0n) is 52.3. The van der Waals surface area contributed by atoms with Crippen LogP contribution in [0.3, 0.4) is 0 Å². The Morgan fingerprint density at radius 1 is 0.505 bits per heavy atom. The van der Waals surface area contributed by atoms with Gasteiger partial charge in [-0.25, -0.2) is 33.7 Å². The van der Waals surface area contributed by atoms with Gasteiger partial charge in [0.15, 0.2) is 6.61 Å². The molecule has 0 saturated heterocycles. The summed E-state index contributed by atoms with van der Waals surface area (Å²) < 4.78 is 113. The van der Waals surface area contributed by atoms with Gasteiger partial charge >= 0.3 is 19.2 Å². The maximum absolute atomic E-state index is 12.2. The number of rotatable bonds is 22. The van der Waals surface area contributed by atoms with Crippen molar-refractivity contribution in [2.45, 2.75) is 117 Å². The maximum Gasteiger partial charge on any atom is 0.574 e. The average Bonchev–Trinajstić information content (AvgIpc) is 1.79. The van der Waals surface area contributed by atoms with Crippen LogP contribution in [0.4, 0.5) is 35.1 Å². The van der Waals surface area contributed by atoms with Crippen LogP contribution in [0.25, 0.3) is 45.0 Å². The molecule has 0 aromatic carbocycles. The van der Waals surface area contributed by atoms with Gasteiger partial charge in [-0.15, -0.1) is 13.2 Å². The average molecular weight is 1360 g/mol. The molecule has 4 N–H and O–H groups in total. The van der Waals surface area contributed by atoms with Crippen LogP contribution in [0.15, 0.2) is 141 Å². The molecular weight excluding hydrogens is 1300 g/mol. The summed E-state index contributed by atoms with van der Waals surface area (Å²) >= 11 is 0. The summed E-state index contributed by atoms with van der Waals surface area (Å²) in [6, 6.07) is 23.0. The lowest BCUT2D eigenvalue weighted by molar-refractivity contribution is -0.276. The van der Waals surface area contributed by atoms with E-state index in [1.165, 1.54) is 103 Å². The topological polar surface area (TPSA) is 335 Å². The number of amides is 4. The first-order chi connectivity index (χ1) is 46.1. The van der Waals surface area contributed by atoms with E-state index in [9.17, 15) is 73.5 Å². The number of alkyl halides is 8. The number of aromatic nitrogens is 12. The summed E-state index contributed by atoms with van der Waals surface area (Å²) in [5, 5.41) is 27.2. The smallest absolute Gasteiger partial charge is 0.468 e. The van der Waals surface area contributed by atoms with Gasteiger partial charge in [0.25, 0.3) is 22.2 Å². The van der Waals surface area contributed by atoms with Crippen LogP contribution in [-0.4, -0.2) is 134 Å². The lowest BCUT2D eigenvalue weighted by atomic mass is 9.78. The van der Waals surface area contributed by atoms with Gasteiger partial charge < -0.3 is 35.5 Å². The van der Waals surface area contributed by atoms with Crippen LogP contribution in [0.5, 0.6) is 17.6 Å². The van der Waals surface area contributed by atoms with Crippen LogP contribution < -0.4 is 57.7 Å². The van der Waals surface area contributed by atoms with Crippen LogP contribution in [0.1, 0.15) is 71.4 Å². The second kappa shape index (κ2) is 33.8. The Morgan fingerprint density at radius 3 is 1.16 bits per heavy atom. The first-order valence-electron chi connectivity index (χ1n) is 29.8. The number of ether oxygens (including phenoxy) is 3. The van der Waals surface area contributed by atoms with Crippen molar-refractivity contribution >= 4 is 23.6 Å². The molecule has 0 atom stereocenters. The number of carbonyl (C=O) groups is 4. The molecule has 0 radical (unpaired) electrons. The minimum absolute atomic E-state index is 0.0753. The van der Waals surface area contributed by atoms with Gasteiger partial charge in [0, 0.05) is 126 Å². The normalized spacial score (nSPS) is 12.9. The molecule has 4 amide bonds. The lowest BCUT2D eigenvalue weighted by Crippen LogP contribution is -2.52. The molecule has 0 unspecified atom stereocenters. The van der Waals surface area contributed by atoms with Gasteiger partial charge in [-0.1, -0.05) is 0 Å². The second-order valence-electron chi connectivity index (χ2n) is 21.4. The monoisotopic (exact) mass is 1360 g/mol. The van der Waals surface area contributed by atoms with E-state index in [1.54, 1.807) is 26.1 Å². The quantitative estimate of drug-likeness (QED) is 0.0565. The Balaban J connectivity index is 0.000000183. The third-order valence-corrected chi connectivity index (χ3v) is 13.6. The zero-order valence-corrected chi connectivity index (χ0v) is 52.3. The standard InChI is InChI=1S/C17H18F2N4O3.C16H18N4O2.C15H15F3N4O3.C14H13F3N4O3/c1-17(7-2-8-17)21-13(24)10-23-15(25)6-4-12(22-23)11-3-5-14(20-9-11)26-16(18)19;1-2-17-15(21)10-20-16(22)8-7-14(19-20)12-5-6-13(18-9-12)11-3-4-11;1-2-19-12(23)8-22-14(24)6-4-11(21-22)10-3-5-13(20-7-10)25-9-15(16,17)18;1-2-18-11(22)8-21-13(23)6-4-10(20-21)9-3-5-12(19-7-9)24-14(15,16)17/h3-6,9,16H,2,7-8,10H2,1H3,(H,21,24);5-9,11H,2-4,10H2,1H3,(H,17,21);3-7H,2,8-9H2,1H3,(H,19,23);3-7H,2,8H2,1H3,(H,18,22). The predicted octanol–water partition coefficient (Wildman–Crippen LogP) is 6.01. The Labute approximate surface area is 545 Å². The van der Waals surface area contributed by atoms with Crippen molar-refractivity contribution in [2.24, 2.45) is 0 Å². The Morgan fingerprint density at radius 2 is 0.866 bits per heavy atom. The maximum atomic E-state index is 12.2. The van der Waals surface area contributed by atoms with Gasteiger partial charge in [0.2, 0.25) is 41.3 Å². The number of halogens is 8. The van der Waals surface area contributed by atoms with Gasteiger partial charge in [-0.2, -0.15) is 42.3 Å². The predicted molar refractivity (Wildman–Crippen MR) is 330 cm³/mol. The first-order valence-corrected chi connectivity index (χ1v) is 29.8. The molecule has 2 aliphatic carbocycles. The SMILES string of the molecule is CC1(NC(=O)Cn2nc(-c3ccc(OC(F)F)nc3)ccc2=O)CCC1.CCNC(=O)Cn1nc(-c2ccc(C3CC3)nc2)ccc1=O.CCNC(=O)Cn1nc(-c2ccc(OC(F)(F)F)nc2)ccc1=O.CCNC(=O)Cn1nc(-c2ccc(OCC(F)(F)F)nc2)ccc1=O. The molecule has 35 heteroatoms. The molecule has 2 aliphatic rings. The van der Waals surface area contributed by atoms with Crippen molar-refractivity contribution in [3.05, 3.63) is 169 Å². The highest BCUT2D eigenvalue weighted by Gasteiger charge is 2.34. The van der Waals surface area contributed by atoms with Gasteiger partial charge in [-0.05, 0) is 114 Å². The molecule has 8 aromatic rings. The van der Waals surface area contributed by atoms with Gasteiger partial charge in [0.05, 0.1) is 22.8 Å². The molecule has 8 heterocycles. The molecule has 514 valence electrons. The van der Waals surface area contributed by atoms with E-state index < -0.39 is 48.3 Å². The fourth-order valence-electron chi connectivity index (χ4n) is 8.73. The summed E-state index contributed by atoms with van der Waals surface area (Å²) in [7, 11) is 0. The van der Waals surface area contributed by atoms with E-state index in [4.69, 9.17) is 0 Å². The molecule has 0 bridgehead atoms. The number of likely N-dealkylation sites (N-methyl/N-ethyl adjacent to an activating group) is 3. The number of hydrogen-bond acceptors (Lipinski definition) is 19. The van der Waals surface area contributed by atoms with Crippen LogP contribution in [0.2, 0.25) is 0 Å². The Bertz CT molecular complexity index is 4220. The van der Waals surface area contributed by atoms with Gasteiger partial charge in [0.1, 0.15) is 26.2 Å². The number of carbonyl (C=O) groups excluding carboxylic acids is 4.